The molecule has 0 aromatic carbocycles. The molecule has 1 aliphatic heterocycles. The summed E-state index contributed by atoms with van der Waals surface area (Å²) < 4.78 is 0. The summed E-state index contributed by atoms with van der Waals surface area (Å²) in [7, 11) is 0. The van der Waals surface area contributed by atoms with Gasteiger partial charge in [-0.3, -0.25) is 10.1 Å². The van der Waals surface area contributed by atoms with E-state index in [-0.39, 0.29) is 10.6 Å². The van der Waals surface area contributed by atoms with Gasteiger partial charge in [-0.1, -0.05) is 11.6 Å². The Morgan fingerprint density at radius 1 is 1.41 bits per heavy atom. The van der Waals surface area contributed by atoms with E-state index >= 15 is 0 Å². The Kier molecular flexibility index (Phi) is 3.47. The van der Waals surface area contributed by atoms with Gasteiger partial charge in [-0.05, 0) is 32.3 Å². The summed E-state index contributed by atoms with van der Waals surface area (Å²) in [6, 6.07) is 1.53. The van der Waals surface area contributed by atoms with Crippen molar-refractivity contribution < 1.29 is 4.92 Å². The molecule has 1 aromatic heterocycles. The van der Waals surface area contributed by atoms with Crippen LogP contribution in [0.25, 0.3) is 0 Å². The zero-order chi connectivity index (χ0) is 12.4. The van der Waals surface area contributed by atoms with Crippen LogP contribution in [0, 0.1) is 17.0 Å². The van der Waals surface area contributed by atoms with Crippen molar-refractivity contribution in [3.8, 4) is 0 Å². The van der Waals surface area contributed by atoms with Gasteiger partial charge in [0.2, 0.25) is 5.82 Å². The fraction of sp³-hybridized carbons (Fsp3) is 0.545. The molecule has 1 aliphatic rings. The topological polar surface area (TPSA) is 59.3 Å². The van der Waals surface area contributed by atoms with Gasteiger partial charge >= 0.3 is 5.69 Å². The van der Waals surface area contributed by atoms with Crippen LogP contribution in [-0.2, 0) is 0 Å². The molecule has 5 nitrogen and oxygen atoms in total. The Morgan fingerprint density at radius 2 is 2.06 bits per heavy atom. The second-order valence-electron chi connectivity index (χ2n) is 4.24. The van der Waals surface area contributed by atoms with E-state index in [2.05, 4.69) is 4.98 Å². The van der Waals surface area contributed by atoms with Gasteiger partial charge in [0, 0.05) is 18.7 Å². The van der Waals surface area contributed by atoms with E-state index in [1.165, 1.54) is 12.5 Å². The molecule has 2 rings (SSSR count). The van der Waals surface area contributed by atoms with Crippen molar-refractivity contribution in [1.82, 2.24) is 4.98 Å². The summed E-state index contributed by atoms with van der Waals surface area (Å²) in [6.45, 7) is 3.32. The number of hydrogen-bond donors (Lipinski definition) is 0. The van der Waals surface area contributed by atoms with Crippen LogP contribution in [0.15, 0.2) is 6.07 Å². The third kappa shape index (κ3) is 2.49. The number of nitrogens with zero attached hydrogens (tertiary/aromatic N) is 3. The van der Waals surface area contributed by atoms with Crippen molar-refractivity contribution in [3.63, 3.8) is 0 Å². The molecule has 17 heavy (non-hydrogen) atoms. The number of halogens is 1. The van der Waals surface area contributed by atoms with Gasteiger partial charge in [0.1, 0.15) is 5.15 Å². The smallest absolute Gasteiger partial charge is 0.314 e. The first kappa shape index (κ1) is 12.1. The lowest BCUT2D eigenvalue weighted by Gasteiger charge is -2.27. The number of piperidine rings is 1. The fourth-order valence-corrected chi connectivity index (χ4v) is 2.41. The van der Waals surface area contributed by atoms with Crippen molar-refractivity contribution in [2.45, 2.75) is 26.2 Å². The molecule has 0 bridgehead atoms. The maximum absolute atomic E-state index is 11.1. The van der Waals surface area contributed by atoms with Gasteiger partial charge in [0.25, 0.3) is 0 Å². The van der Waals surface area contributed by atoms with E-state index in [1.54, 1.807) is 6.92 Å². The molecule has 0 aliphatic carbocycles. The predicted octanol–water partition coefficient (Wildman–Crippen LogP) is 2.94. The van der Waals surface area contributed by atoms with Crippen molar-refractivity contribution in [1.29, 1.82) is 0 Å². The predicted molar refractivity (Wildman–Crippen MR) is 66.7 cm³/mol. The van der Waals surface area contributed by atoms with Crippen molar-refractivity contribution >= 4 is 23.1 Å². The SMILES string of the molecule is Cc1cc(Cl)nc(N2CCCCC2)c1[N+](=O)[O-]. The molecule has 0 unspecified atom stereocenters. The number of aryl methyl sites for hydroxylation is 1. The summed E-state index contributed by atoms with van der Waals surface area (Å²) in [5.41, 5.74) is 0.645. The Morgan fingerprint density at radius 3 is 2.65 bits per heavy atom. The summed E-state index contributed by atoms with van der Waals surface area (Å²) in [4.78, 5) is 16.8. The van der Waals surface area contributed by atoms with Gasteiger partial charge in [-0.2, -0.15) is 0 Å². The van der Waals surface area contributed by atoms with Crippen LogP contribution < -0.4 is 4.90 Å². The monoisotopic (exact) mass is 255 g/mol. The highest BCUT2D eigenvalue weighted by Crippen LogP contribution is 2.33. The van der Waals surface area contributed by atoms with Crippen LogP contribution in [0.4, 0.5) is 11.5 Å². The van der Waals surface area contributed by atoms with Gasteiger partial charge in [0.05, 0.1) is 4.92 Å². The molecule has 0 spiro atoms. The van der Waals surface area contributed by atoms with E-state index in [0.29, 0.717) is 16.5 Å². The average molecular weight is 256 g/mol. The van der Waals surface area contributed by atoms with E-state index in [1.807, 2.05) is 4.90 Å². The van der Waals surface area contributed by atoms with E-state index in [4.69, 9.17) is 11.6 Å². The number of rotatable bonds is 2. The largest absolute Gasteiger partial charge is 0.351 e. The molecule has 0 amide bonds. The normalized spacial score (nSPS) is 16.0. The molecule has 92 valence electrons. The molecule has 0 saturated carbocycles. The number of nitro groups is 1. The summed E-state index contributed by atoms with van der Waals surface area (Å²) in [5, 5.41) is 11.4. The minimum absolute atomic E-state index is 0.0799. The first-order valence-corrected chi connectivity index (χ1v) is 6.04. The molecule has 0 atom stereocenters. The molecular formula is C11H14ClN3O2. The second kappa shape index (κ2) is 4.87. The van der Waals surface area contributed by atoms with Crippen LogP contribution in [0.2, 0.25) is 5.15 Å². The van der Waals surface area contributed by atoms with Gasteiger partial charge < -0.3 is 4.90 Å². The van der Waals surface area contributed by atoms with Crippen molar-refractivity contribution in [3.05, 3.63) is 26.9 Å². The Hall–Kier alpha value is -1.36. The second-order valence-corrected chi connectivity index (χ2v) is 4.63. The van der Waals surface area contributed by atoms with Crippen molar-refractivity contribution in [2.24, 2.45) is 0 Å². The van der Waals surface area contributed by atoms with Gasteiger partial charge in [-0.15, -0.1) is 0 Å². The van der Waals surface area contributed by atoms with Crippen molar-refractivity contribution in [2.75, 3.05) is 18.0 Å². The maximum Gasteiger partial charge on any atom is 0.314 e. The lowest BCUT2D eigenvalue weighted by Crippen LogP contribution is -2.31. The third-order valence-corrected chi connectivity index (χ3v) is 3.17. The highest BCUT2D eigenvalue weighted by molar-refractivity contribution is 6.29. The lowest BCUT2D eigenvalue weighted by atomic mass is 10.1. The van der Waals surface area contributed by atoms with Gasteiger partial charge in [0.15, 0.2) is 0 Å². The number of pyridine rings is 1. The molecule has 2 heterocycles. The van der Waals surface area contributed by atoms with Crippen LogP contribution in [0.1, 0.15) is 24.8 Å². The molecule has 0 radical (unpaired) electrons. The highest BCUT2D eigenvalue weighted by atomic mass is 35.5. The standard InChI is InChI=1S/C11H14ClN3O2/c1-8-7-9(12)13-11(10(8)15(16)17)14-5-3-2-4-6-14/h7H,2-6H2,1H3. The Balaban J connectivity index is 2.46. The lowest BCUT2D eigenvalue weighted by molar-refractivity contribution is -0.384. The van der Waals surface area contributed by atoms with E-state index in [0.717, 1.165) is 25.9 Å². The van der Waals surface area contributed by atoms with E-state index < -0.39 is 0 Å². The minimum Gasteiger partial charge on any atom is -0.351 e. The maximum atomic E-state index is 11.1. The first-order valence-electron chi connectivity index (χ1n) is 5.66. The Labute approximate surface area is 105 Å². The summed E-state index contributed by atoms with van der Waals surface area (Å²) in [6.07, 6.45) is 3.26. The zero-order valence-corrected chi connectivity index (χ0v) is 10.4. The Bertz CT molecular complexity index is 445. The summed E-state index contributed by atoms with van der Waals surface area (Å²) >= 11 is 5.89. The molecular weight excluding hydrogens is 242 g/mol. The number of hydrogen-bond acceptors (Lipinski definition) is 4. The zero-order valence-electron chi connectivity index (χ0n) is 9.65. The molecule has 0 N–H and O–H groups in total. The van der Waals surface area contributed by atoms with E-state index in [9.17, 15) is 10.1 Å². The van der Waals surface area contributed by atoms with Gasteiger partial charge in [-0.25, -0.2) is 4.98 Å². The van der Waals surface area contributed by atoms with Crippen LogP contribution >= 0.6 is 11.6 Å². The fourth-order valence-electron chi connectivity index (χ4n) is 2.16. The number of anilines is 1. The number of aromatic nitrogens is 1. The highest BCUT2D eigenvalue weighted by Gasteiger charge is 2.25. The summed E-state index contributed by atoms with van der Waals surface area (Å²) in [5.74, 6) is 0.416. The molecule has 1 saturated heterocycles. The minimum atomic E-state index is -0.372. The third-order valence-electron chi connectivity index (χ3n) is 2.97. The van der Waals surface area contributed by atoms with Crippen LogP contribution in [0.3, 0.4) is 0 Å². The molecule has 1 fully saturated rings. The first-order chi connectivity index (χ1) is 8.09. The molecule has 1 aromatic rings. The van der Waals surface area contributed by atoms with Crippen LogP contribution in [-0.4, -0.2) is 23.0 Å². The molecule has 6 heteroatoms. The van der Waals surface area contributed by atoms with Crippen LogP contribution in [0.5, 0.6) is 0 Å². The average Bonchev–Trinajstić information content (AvgIpc) is 2.28. The quantitative estimate of drug-likeness (QED) is 0.463.